The second-order valence-corrected chi connectivity index (χ2v) is 6.28. The average molecular weight is 388 g/mol. The highest BCUT2D eigenvalue weighted by molar-refractivity contribution is 5.94. The van der Waals surface area contributed by atoms with Crippen molar-refractivity contribution in [1.29, 1.82) is 0 Å². The SMILES string of the molecule is Cc1cc(C)n(-c2ccc(C(=O)NC(CN)CC(C)C)cn2)n1.Cl.Cl. The third-order valence-electron chi connectivity index (χ3n) is 3.61. The van der Waals surface area contributed by atoms with Gasteiger partial charge in [-0.3, -0.25) is 4.79 Å². The molecule has 1 amide bonds. The maximum absolute atomic E-state index is 12.3. The van der Waals surface area contributed by atoms with E-state index >= 15 is 0 Å². The summed E-state index contributed by atoms with van der Waals surface area (Å²) < 4.78 is 1.76. The van der Waals surface area contributed by atoms with Crippen LogP contribution in [0.15, 0.2) is 24.4 Å². The first-order chi connectivity index (χ1) is 10.9. The van der Waals surface area contributed by atoms with E-state index in [1.807, 2.05) is 19.9 Å². The molecule has 0 spiro atoms. The van der Waals surface area contributed by atoms with Gasteiger partial charge >= 0.3 is 0 Å². The first kappa shape index (κ1) is 23.4. The standard InChI is InChI=1S/C17H25N5O.2ClH/c1-11(2)7-15(9-18)20-17(23)14-5-6-16(19-10-14)22-13(4)8-12(3)21-22;;/h5-6,8,10-11,15H,7,9,18H2,1-4H3,(H,20,23);2*1H. The van der Waals surface area contributed by atoms with Gasteiger partial charge in [-0.25, -0.2) is 9.67 Å². The third-order valence-corrected chi connectivity index (χ3v) is 3.61. The maximum atomic E-state index is 12.3. The molecule has 8 heteroatoms. The molecule has 25 heavy (non-hydrogen) atoms. The van der Waals surface area contributed by atoms with Gasteiger partial charge < -0.3 is 11.1 Å². The Kier molecular flexibility index (Phi) is 9.70. The predicted molar refractivity (Wildman–Crippen MR) is 105 cm³/mol. The fourth-order valence-corrected chi connectivity index (χ4v) is 2.56. The molecule has 0 aromatic carbocycles. The molecule has 0 saturated heterocycles. The normalized spacial score (nSPS) is 11.4. The Morgan fingerprint density at radius 3 is 2.40 bits per heavy atom. The minimum absolute atomic E-state index is 0. The fraction of sp³-hybridized carbons (Fsp3) is 0.471. The Balaban J connectivity index is 0.00000288. The zero-order valence-corrected chi connectivity index (χ0v) is 16.7. The number of nitrogens with two attached hydrogens (primary N) is 1. The summed E-state index contributed by atoms with van der Waals surface area (Å²) in [5, 5.41) is 7.35. The molecular weight excluding hydrogens is 361 g/mol. The van der Waals surface area contributed by atoms with E-state index in [-0.39, 0.29) is 36.8 Å². The van der Waals surface area contributed by atoms with Gasteiger partial charge in [0.1, 0.15) is 0 Å². The quantitative estimate of drug-likeness (QED) is 0.797. The van der Waals surface area contributed by atoms with Crippen LogP contribution in [-0.4, -0.2) is 33.3 Å². The minimum atomic E-state index is -0.145. The Hall–Kier alpha value is -1.63. The number of amides is 1. The van der Waals surface area contributed by atoms with Crippen molar-refractivity contribution in [2.45, 2.75) is 40.2 Å². The topological polar surface area (TPSA) is 85.8 Å². The van der Waals surface area contributed by atoms with E-state index in [0.717, 1.165) is 17.8 Å². The Bertz CT molecular complexity index is 670. The lowest BCUT2D eigenvalue weighted by molar-refractivity contribution is 0.0933. The lowest BCUT2D eigenvalue weighted by Gasteiger charge is -2.18. The number of nitrogens with one attached hydrogen (secondary N) is 1. The zero-order valence-electron chi connectivity index (χ0n) is 15.0. The van der Waals surface area contributed by atoms with E-state index in [1.54, 1.807) is 23.0 Å². The van der Waals surface area contributed by atoms with E-state index < -0.39 is 0 Å². The number of hydrogen-bond donors (Lipinski definition) is 2. The Morgan fingerprint density at radius 1 is 1.28 bits per heavy atom. The number of rotatable bonds is 6. The summed E-state index contributed by atoms with van der Waals surface area (Å²) in [6.07, 6.45) is 2.43. The number of carbonyl (C=O) groups excluding carboxylic acids is 1. The molecule has 0 bridgehead atoms. The van der Waals surface area contributed by atoms with Gasteiger partial charge in [-0.05, 0) is 44.4 Å². The first-order valence-electron chi connectivity index (χ1n) is 7.91. The van der Waals surface area contributed by atoms with Gasteiger partial charge in [-0.1, -0.05) is 13.8 Å². The van der Waals surface area contributed by atoms with Gasteiger partial charge in [0.2, 0.25) is 0 Å². The molecule has 1 unspecified atom stereocenters. The number of nitrogens with zero attached hydrogens (tertiary/aromatic N) is 3. The number of aromatic nitrogens is 3. The highest BCUT2D eigenvalue weighted by atomic mass is 35.5. The molecular formula is C17H27Cl2N5O. The Labute approximate surface area is 161 Å². The summed E-state index contributed by atoms with van der Waals surface area (Å²) in [5.41, 5.74) is 8.19. The van der Waals surface area contributed by atoms with Crippen LogP contribution in [0.25, 0.3) is 5.82 Å². The molecule has 0 radical (unpaired) electrons. The Morgan fingerprint density at radius 2 is 1.96 bits per heavy atom. The van der Waals surface area contributed by atoms with Crippen LogP contribution in [0, 0.1) is 19.8 Å². The second kappa shape index (κ2) is 10.4. The molecule has 2 rings (SSSR count). The van der Waals surface area contributed by atoms with Gasteiger partial charge in [0.15, 0.2) is 5.82 Å². The molecule has 0 aliphatic rings. The molecule has 140 valence electrons. The van der Waals surface area contributed by atoms with Gasteiger partial charge in [0, 0.05) is 24.5 Å². The van der Waals surface area contributed by atoms with Crippen LogP contribution in [-0.2, 0) is 0 Å². The molecule has 0 aliphatic heterocycles. The highest BCUT2D eigenvalue weighted by Crippen LogP contribution is 2.11. The lowest BCUT2D eigenvalue weighted by atomic mass is 10.0. The lowest BCUT2D eigenvalue weighted by Crippen LogP contribution is -2.41. The van der Waals surface area contributed by atoms with Crippen molar-refractivity contribution in [1.82, 2.24) is 20.1 Å². The van der Waals surface area contributed by atoms with Gasteiger partial charge in [-0.15, -0.1) is 24.8 Å². The van der Waals surface area contributed by atoms with Crippen molar-refractivity contribution in [2.24, 2.45) is 11.7 Å². The fourth-order valence-electron chi connectivity index (χ4n) is 2.56. The van der Waals surface area contributed by atoms with Crippen molar-refractivity contribution < 1.29 is 4.79 Å². The second-order valence-electron chi connectivity index (χ2n) is 6.28. The molecule has 6 nitrogen and oxygen atoms in total. The smallest absolute Gasteiger partial charge is 0.253 e. The van der Waals surface area contributed by atoms with Crippen LogP contribution in [0.5, 0.6) is 0 Å². The zero-order chi connectivity index (χ0) is 17.0. The van der Waals surface area contributed by atoms with Gasteiger partial charge in [0.05, 0.1) is 11.3 Å². The summed E-state index contributed by atoms with van der Waals surface area (Å²) in [6, 6.07) is 5.53. The molecule has 2 heterocycles. The largest absolute Gasteiger partial charge is 0.348 e. The van der Waals surface area contributed by atoms with Crippen molar-refractivity contribution in [2.75, 3.05) is 6.54 Å². The van der Waals surface area contributed by atoms with Gasteiger partial charge in [-0.2, -0.15) is 5.10 Å². The molecule has 1 atom stereocenters. The van der Waals surface area contributed by atoms with Crippen molar-refractivity contribution in [3.05, 3.63) is 41.3 Å². The number of halogens is 2. The number of aryl methyl sites for hydroxylation is 2. The monoisotopic (exact) mass is 387 g/mol. The highest BCUT2D eigenvalue weighted by Gasteiger charge is 2.14. The third kappa shape index (κ3) is 6.30. The van der Waals surface area contributed by atoms with Crippen molar-refractivity contribution in [3.63, 3.8) is 0 Å². The van der Waals surface area contributed by atoms with E-state index in [2.05, 4.69) is 29.2 Å². The van der Waals surface area contributed by atoms with E-state index in [0.29, 0.717) is 23.8 Å². The maximum Gasteiger partial charge on any atom is 0.253 e. The van der Waals surface area contributed by atoms with E-state index in [4.69, 9.17) is 5.73 Å². The van der Waals surface area contributed by atoms with E-state index in [9.17, 15) is 4.79 Å². The van der Waals surface area contributed by atoms with Crippen LogP contribution in [0.3, 0.4) is 0 Å². The van der Waals surface area contributed by atoms with E-state index in [1.165, 1.54) is 0 Å². The summed E-state index contributed by atoms with van der Waals surface area (Å²) in [6.45, 7) is 8.56. The molecule has 2 aromatic heterocycles. The first-order valence-corrected chi connectivity index (χ1v) is 7.91. The molecule has 2 aromatic rings. The summed E-state index contributed by atoms with van der Waals surface area (Å²) in [4.78, 5) is 16.6. The number of carbonyl (C=O) groups is 1. The minimum Gasteiger partial charge on any atom is -0.348 e. The molecule has 0 aliphatic carbocycles. The molecule has 3 N–H and O–H groups in total. The van der Waals surface area contributed by atoms with Crippen molar-refractivity contribution in [3.8, 4) is 5.82 Å². The van der Waals surface area contributed by atoms with Gasteiger partial charge in [0.25, 0.3) is 5.91 Å². The molecule has 0 saturated carbocycles. The summed E-state index contributed by atoms with van der Waals surface area (Å²) in [5.74, 6) is 1.04. The van der Waals surface area contributed by atoms with Crippen LogP contribution in [0.1, 0.15) is 42.0 Å². The molecule has 0 fully saturated rings. The van der Waals surface area contributed by atoms with Crippen LogP contribution >= 0.6 is 24.8 Å². The van der Waals surface area contributed by atoms with Crippen LogP contribution < -0.4 is 11.1 Å². The summed E-state index contributed by atoms with van der Waals surface area (Å²) in [7, 11) is 0. The summed E-state index contributed by atoms with van der Waals surface area (Å²) >= 11 is 0. The number of pyridine rings is 1. The number of hydrogen-bond acceptors (Lipinski definition) is 4. The van der Waals surface area contributed by atoms with Crippen LogP contribution in [0.4, 0.5) is 0 Å². The average Bonchev–Trinajstić information content (AvgIpc) is 2.84. The van der Waals surface area contributed by atoms with Crippen molar-refractivity contribution >= 4 is 30.7 Å². The predicted octanol–water partition coefficient (Wildman–Crippen LogP) is 2.83. The van der Waals surface area contributed by atoms with Crippen LogP contribution in [0.2, 0.25) is 0 Å².